The maximum Gasteiger partial charge on any atom is 0.335 e. The molecule has 0 saturated carbocycles. The molecule has 0 atom stereocenters. The zero-order valence-corrected chi connectivity index (χ0v) is 18.1. The summed E-state index contributed by atoms with van der Waals surface area (Å²) >= 11 is 0. The summed E-state index contributed by atoms with van der Waals surface area (Å²) in [5.74, 6) is 0.248. The Morgan fingerprint density at radius 1 is 0.848 bits per heavy atom. The number of carbonyl (C=O) groups is 1. The zero-order chi connectivity index (χ0) is 23.0. The van der Waals surface area contributed by atoms with Gasteiger partial charge in [0.15, 0.2) is 11.5 Å². The number of hydrogen-bond acceptors (Lipinski definition) is 4. The van der Waals surface area contributed by atoms with Gasteiger partial charge in [0.25, 0.3) is 0 Å². The molecule has 0 aliphatic carbocycles. The molecular weight excluding hydrogens is 414 g/mol. The molecule has 33 heavy (non-hydrogen) atoms. The fraction of sp³-hybridized carbons (Fsp3) is 0.0714. The molecule has 0 aliphatic heterocycles. The van der Waals surface area contributed by atoms with Crippen molar-refractivity contribution in [3.63, 3.8) is 0 Å². The minimum absolute atomic E-state index is 0.245. The van der Waals surface area contributed by atoms with Crippen molar-refractivity contribution >= 4 is 17.9 Å². The number of ether oxygens (including phenoxy) is 2. The lowest BCUT2D eigenvalue weighted by Gasteiger charge is -2.11. The third-order valence-corrected chi connectivity index (χ3v) is 5.12. The van der Waals surface area contributed by atoms with Gasteiger partial charge in [0.2, 0.25) is 0 Å². The summed E-state index contributed by atoms with van der Waals surface area (Å²) in [4.78, 5) is 15.5. The van der Waals surface area contributed by atoms with Crippen molar-refractivity contribution < 1.29 is 19.4 Å². The molecule has 0 radical (unpaired) electrons. The highest BCUT2D eigenvalue weighted by atomic mass is 16.5. The Bertz CT molecular complexity index is 1250. The summed E-state index contributed by atoms with van der Waals surface area (Å²) in [6.07, 6.45) is 1.79. The van der Waals surface area contributed by atoms with Gasteiger partial charge in [-0.05, 0) is 64.7 Å². The van der Waals surface area contributed by atoms with Crippen LogP contribution in [0.4, 0.5) is 5.69 Å². The summed E-state index contributed by atoms with van der Waals surface area (Å²) in [5, 5.41) is 9.00. The molecule has 4 aromatic carbocycles. The highest BCUT2D eigenvalue weighted by molar-refractivity contribution is 5.87. The zero-order valence-electron chi connectivity index (χ0n) is 18.1. The van der Waals surface area contributed by atoms with Gasteiger partial charge in [0, 0.05) is 6.21 Å². The van der Waals surface area contributed by atoms with E-state index in [9.17, 15) is 4.79 Å². The average Bonchev–Trinajstić information content (AvgIpc) is 2.87. The number of methoxy groups -OCH3 is 1. The van der Waals surface area contributed by atoms with Gasteiger partial charge < -0.3 is 14.6 Å². The predicted octanol–water partition coefficient (Wildman–Crippen LogP) is 6.39. The second-order valence-electron chi connectivity index (χ2n) is 7.37. The number of benzene rings is 4. The maximum absolute atomic E-state index is 11.0. The van der Waals surface area contributed by atoms with Crippen LogP contribution in [0.15, 0.2) is 102 Å². The fourth-order valence-corrected chi connectivity index (χ4v) is 3.31. The van der Waals surface area contributed by atoms with Crippen molar-refractivity contribution in [1.29, 1.82) is 0 Å². The lowest BCUT2D eigenvalue weighted by molar-refractivity contribution is 0.0697. The molecule has 0 spiro atoms. The number of aliphatic imine (C=N–C) groups is 1. The van der Waals surface area contributed by atoms with Crippen molar-refractivity contribution in [2.75, 3.05) is 7.11 Å². The van der Waals surface area contributed by atoms with Crippen LogP contribution in [-0.4, -0.2) is 24.4 Å². The summed E-state index contributed by atoms with van der Waals surface area (Å²) < 4.78 is 11.3. The van der Waals surface area contributed by atoms with Crippen LogP contribution in [-0.2, 0) is 6.61 Å². The Hall–Kier alpha value is -4.38. The van der Waals surface area contributed by atoms with Crippen molar-refractivity contribution in [2.24, 2.45) is 4.99 Å². The molecule has 0 aromatic heterocycles. The van der Waals surface area contributed by atoms with E-state index in [4.69, 9.17) is 14.6 Å². The molecule has 5 heteroatoms. The molecule has 164 valence electrons. The van der Waals surface area contributed by atoms with E-state index < -0.39 is 5.97 Å². The van der Waals surface area contributed by atoms with Gasteiger partial charge in [-0.25, -0.2) is 4.79 Å². The van der Waals surface area contributed by atoms with Gasteiger partial charge in [-0.1, -0.05) is 54.6 Å². The number of aromatic carboxylic acids is 1. The van der Waals surface area contributed by atoms with Crippen LogP contribution in [0.3, 0.4) is 0 Å². The molecule has 0 saturated heterocycles. The second kappa shape index (κ2) is 10.3. The minimum atomic E-state index is -0.950. The highest BCUT2D eigenvalue weighted by Gasteiger charge is 2.07. The minimum Gasteiger partial charge on any atom is -0.493 e. The third kappa shape index (κ3) is 5.66. The first kappa shape index (κ1) is 21.8. The van der Waals surface area contributed by atoms with Crippen molar-refractivity contribution in [3.05, 3.63) is 114 Å². The molecule has 4 rings (SSSR count). The molecule has 0 amide bonds. The predicted molar refractivity (Wildman–Crippen MR) is 130 cm³/mol. The normalized spacial score (nSPS) is 10.8. The molecule has 1 N–H and O–H groups in total. The molecular formula is C28H23NO4. The van der Waals surface area contributed by atoms with Crippen LogP contribution in [0.2, 0.25) is 0 Å². The quantitative estimate of drug-likeness (QED) is 0.324. The first-order valence-corrected chi connectivity index (χ1v) is 10.4. The number of nitrogens with zero attached hydrogens (tertiary/aromatic N) is 1. The molecule has 0 fully saturated rings. The van der Waals surface area contributed by atoms with E-state index in [1.807, 2.05) is 48.5 Å². The van der Waals surface area contributed by atoms with E-state index in [1.165, 1.54) is 5.56 Å². The van der Waals surface area contributed by atoms with Gasteiger partial charge in [-0.3, -0.25) is 4.99 Å². The molecule has 0 heterocycles. The van der Waals surface area contributed by atoms with Crippen molar-refractivity contribution in [2.45, 2.75) is 6.61 Å². The molecule has 0 aliphatic rings. The monoisotopic (exact) mass is 437 g/mol. The molecule has 0 unspecified atom stereocenters. The second-order valence-corrected chi connectivity index (χ2v) is 7.37. The third-order valence-electron chi connectivity index (χ3n) is 5.12. The summed E-state index contributed by atoms with van der Waals surface area (Å²) in [7, 11) is 1.59. The lowest BCUT2D eigenvalue weighted by Crippen LogP contribution is -2.00. The first-order valence-electron chi connectivity index (χ1n) is 10.4. The lowest BCUT2D eigenvalue weighted by atomic mass is 10.1. The van der Waals surface area contributed by atoms with Crippen LogP contribution in [0, 0.1) is 0 Å². The van der Waals surface area contributed by atoms with Gasteiger partial charge in [0.1, 0.15) is 6.61 Å². The van der Waals surface area contributed by atoms with Crippen molar-refractivity contribution in [1.82, 2.24) is 0 Å². The average molecular weight is 437 g/mol. The Morgan fingerprint density at radius 3 is 2.21 bits per heavy atom. The van der Waals surface area contributed by atoms with Crippen LogP contribution in [0.25, 0.3) is 11.1 Å². The van der Waals surface area contributed by atoms with E-state index >= 15 is 0 Å². The van der Waals surface area contributed by atoms with Crippen LogP contribution >= 0.6 is 0 Å². The smallest absolute Gasteiger partial charge is 0.335 e. The van der Waals surface area contributed by atoms with E-state index in [0.29, 0.717) is 18.1 Å². The standard InChI is InChI=1S/C28H23NO4/c1-32-27-17-21(9-16-26(27)33-19-20-7-10-24(11-8-20)28(30)31)18-29-25-14-12-23(13-15-25)22-5-3-2-4-6-22/h2-18H,19H2,1H3,(H,30,31). The van der Waals surface area contributed by atoms with Crippen LogP contribution in [0.5, 0.6) is 11.5 Å². The SMILES string of the molecule is COc1cc(C=Nc2ccc(-c3ccccc3)cc2)ccc1OCc1ccc(C(=O)O)cc1. The van der Waals surface area contributed by atoms with Gasteiger partial charge in [-0.2, -0.15) is 0 Å². The van der Waals surface area contributed by atoms with Gasteiger partial charge in [-0.15, -0.1) is 0 Å². The maximum atomic E-state index is 11.0. The number of carboxylic acid groups (broad SMARTS) is 1. The number of rotatable bonds is 8. The van der Waals surface area contributed by atoms with E-state index in [1.54, 1.807) is 37.6 Å². The summed E-state index contributed by atoms with van der Waals surface area (Å²) in [6, 6.07) is 30.5. The summed E-state index contributed by atoms with van der Waals surface area (Å²) in [5.41, 5.74) is 5.18. The molecule has 4 aromatic rings. The Morgan fingerprint density at radius 2 is 1.55 bits per heavy atom. The Balaban J connectivity index is 1.42. The van der Waals surface area contributed by atoms with E-state index in [-0.39, 0.29) is 5.56 Å². The number of carboxylic acids is 1. The highest BCUT2D eigenvalue weighted by Crippen LogP contribution is 2.29. The largest absolute Gasteiger partial charge is 0.493 e. The van der Waals surface area contributed by atoms with Crippen LogP contribution < -0.4 is 9.47 Å². The van der Waals surface area contributed by atoms with Crippen molar-refractivity contribution in [3.8, 4) is 22.6 Å². The molecule has 5 nitrogen and oxygen atoms in total. The molecule has 0 bridgehead atoms. The first-order chi connectivity index (χ1) is 16.1. The van der Waals surface area contributed by atoms with Gasteiger partial charge >= 0.3 is 5.97 Å². The van der Waals surface area contributed by atoms with Gasteiger partial charge in [0.05, 0.1) is 18.4 Å². The number of hydrogen-bond donors (Lipinski definition) is 1. The van der Waals surface area contributed by atoms with Crippen LogP contribution in [0.1, 0.15) is 21.5 Å². The Kier molecular flexibility index (Phi) is 6.81. The fourth-order valence-electron chi connectivity index (χ4n) is 3.31. The summed E-state index contributed by atoms with van der Waals surface area (Å²) in [6.45, 7) is 0.303. The topological polar surface area (TPSA) is 68.1 Å². The van der Waals surface area contributed by atoms with E-state index in [0.717, 1.165) is 22.4 Å². The van der Waals surface area contributed by atoms with E-state index in [2.05, 4.69) is 29.3 Å². The Labute approximate surface area is 192 Å².